The fraction of sp³-hybridized carbons (Fsp3) is 0.467. The molecule has 0 radical (unpaired) electrons. The molecule has 2 saturated heterocycles. The highest BCUT2D eigenvalue weighted by Crippen LogP contribution is 2.40. The van der Waals surface area contributed by atoms with Crippen LogP contribution in [-0.2, 0) is 14.3 Å². The van der Waals surface area contributed by atoms with E-state index >= 15 is 0 Å². The van der Waals surface area contributed by atoms with Gasteiger partial charge in [-0.05, 0) is 61.2 Å². The molecular weight excluding hydrogens is 484 g/mol. The molecule has 1 amide bonds. The Morgan fingerprint density at radius 2 is 1.63 bits per heavy atom. The Morgan fingerprint density at radius 3 is 2.32 bits per heavy atom. The van der Waals surface area contributed by atoms with Crippen molar-refractivity contribution in [1.29, 1.82) is 0 Å². The summed E-state index contributed by atoms with van der Waals surface area (Å²) in [6, 6.07) is 13.7. The molecule has 1 N–H and O–H groups in total. The number of hydrogen-bond acceptors (Lipinski definition) is 7. The molecule has 0 bridgehead atoms. The Kier molecular flexibility index (Phi) is 9.79. The van der Waals surface area contributed by atoms with Crippen LogP contribution >= 0.6 is 0 Å². The molecule has 2 fully saturated rings. The van der Waals surface area contributed by atoms with Gasteiger partial charge < -0.3 is 24.2 Å². The summed E-state index contributed by atoms with van der Waals surface area (Å²) < 4.78 is 16.9. The van der Waals surface area contributed by atoms with Crippen molar-refractivity contribution in [3.05, 3.63) is 65.2 Å². The van der Waals surface area contributed by atoms with Gasteiger partial charge in [-0.25, -0.2) is 0 Å². The lowest BCUT2D eigenvalue weighted by atomic mass is 9.95. The predicted molar refractivity (Wildman–Crippen MR) is 145 cm³/mol. The third-order valence-corrected chi connectivity index (χ3v) is 6.76. The first-order valence-electron chi connectivity index (χ1n) is 13.6. The summed E-state index contributed by atoms with van der Waals surface area (Å²) in [5.74, 6) is -0.109. The normalized spacial score (nSPS) is 19.6. The number of likely N-dealkylation sites (tertiary alicyclic amines) is 1. The van der Waals surface area contributed by atoms with Crippen molar-refractivity contribution >= 4 is 17.4 Å². The highest BCUT2D eigenvalue weighted by atomic mass is 16.5. The van der Waals surface area contributed by atoms with E-state index < -0.39 is 17.7 Å². The number of carbonyl (C=O) groups excluding carboxylic acids is 2. The third-order valence-electron chi connectivity index (χ3n) is 6.76. The lowest BCUT2D eigenvalue weighted by Gasteiger charge is -2.29. The molecule has 2 aromatic carbocycles. The molecule has 0 spiro atoms. The molecule has 0 saturated carbocycles. The summed E-state index contributed by atoms with van der Waals surface area (Å²) >= 11 is 0. The summed E-state index contributed by atoms with van der Waals surface area (Å²) in [4.78, 5) is 30.5. The molecule has 0 aliphatic carbocycles. The van der Waals surface area contributed by atoms with E-state index in [9.17, 15) is 14.7 Å². The van der Waals surface area contributed by atoms with Crippen LogP contribution < -0.4 is 9.47 Å². The van der Waals surface area contributed by atoms with Gasteiger partial charge in [0.15, 0.2) is 0 Å². The third kappa shape index (κ3) is 6.55. The molecule has 38 heavy (non-hydrogen) atoms. The Hall–Kier alpha value is -3.36. The first-order valence-corrected chi connectivity index (χ1v) is 13.6. The minimum Gasteiger partial charge on any atom is -0.507 e. The van der Waals surface area contributed by atoms with Gasteiger partial charge in [0.2, 0.25) is 0 Å². The molecular formula is C30H38N2O6. The Balaban J connectivity index is 1.65. The van der Waals surface area contributed by atoms with Gasteiger partial charge in [-0.15, -0.1) is 0 Å². The highest BCUT2D eigenvalue weighted by Gasteiger charge is 2.46. The Bertz CT molecular complexity index is 1120. The van der Waals surface area contributed by atoms with Crippen LogP contribution in [0.25, 0.3) is 5.76 Å². The van der Waals surface area contributed by atoms with E-state index in [0.717, 1.165) is 38.0 Å². The van der Waals surface area contributed by atoms with Crippen LogP contribution in [0, 0.1) is 0 Å². The average Bonchev–Trinajstić information content (AvgIpc) is 3.20. The number of morpholine rings is 1. The van der Waals surface area contributed by atoms with Crippen LogP contribution in [0.5, 0.6) is 11.5 Å². The van der Waals surface area contributed by atoms with Crippen LogP contribution in [0.3, 0.4) is 0 Å². The average molecular weight is 523 g/mol. The van der Waals surface area contributed by atoms with Crippen LogP contribution in [0.15, 0.2) is 54.1 Å². The molecule has 8 nitrogen and oxygen atoms in total. The zero-order chi connectivity index (χ0) is 26.9. The molecule has 2 aromatic rings. The number of amides is 1. The molecule has 1 unspecified atom stereocenters. The summed E-state index contributed by atoms with van der Waals surface area (Å²) in [6.45, 7) is 9.55. The van der Waals surface area contributed by atoms with Gasteiger partial charge in [0, 0.05) is 31.7 Å². The molecule has 0 aromatic heterocycles. The van der Waals surface area contributed by atoms with Crippen molar-refractivity contribution < 1.29 is 28.9 Å². The second kappa shape index (κ2) is 13.4. The largest absolute Gasteiger partial charge is 0.507 e. The predicted octanol–water partition coefficient (Wildman–Crippen LogP) is 4.41. The topological polar surface area (TPSA) is 88.5 Å². The van der Waals surface area contributed by atoms with E-state index in [4.69, 9.17) is 14.2 Å². The standard InChI is InChI=1S/C30H38N2O6/c1-3-17-37-24-11-9-22(10-12-24)28(33)26-27(23-7-5-8-25(21-23)38-18-4-2)32(30(35)29(26)34)14-6-13-31-15-19-36-20-16-31/h5,7-12,21,27,33H,3-4,6,13-20H2,1-2H3/b28-26+. The summed E-state index contributed by atoms with van der Waals surface area (Å²) in [6.07, 6.45) is 2.46. The van der Waals surface area contributed by atoms with Gasteiger partial charge in [0.05, 0.1) is 38.0 Å². The maximum absolute atomic E-state index is 13.4. The summed E-state index contributed by atoms with van der Waals surface area (Å²) in [5, 5.41) is 11.4. The number of carbonyl (C=O) groups is 2. The number of nitrogens with zero attached hydrogens (tertiary/aromatic N) is 2. The Labute approximate surface area is 224 Å². The smallest absolute Gasteiger partial charge is 0.295 e. The second-order valence-corrected chi connectivity index (χ2v) is 9.59. The van der Waals surface area contributed by atoms with E-state index in [1.165, 1.54) is 0 Å². The maximum Gasteiger partial charge on any atom is 0.295 e. The van der Waals surface area contributed by atoms with E-state index in [1.54, 1.807) is 29.2 Å². The number of aliphatic hydroxyl groups is 1. The minimum atomic E-state index is -0.708. The van der Waals surface area contributed by atoms with Gasteiger partial charge >= 0.3 is 0 Å². The van der Waals surface area contributed by atoms with Crippen molar-refractivity contribution in [2.75, 3.05) is 52.6 Å². The van der Waals surface area contributed by atoms with Gasteiger partial charge in [-0.1, -0.05) is 26.0 Å². The van der Waals surface area contributed by atoms with E-state index in [-0.39, 0.29) is 11.3 Å². The number of aliphatic hydroxyl groups excluding tert-OH is 1. The number of ether oxygens (including phenoxy) is 3. The fourth-order valence-corrected chi connectivity index (χ4v) is 4.83. The van der Waals surface area contributed by atoms with E-state index in [1.807, 2.05) is 38.1 Å². The highest BCUT2D eigenvalue weighted by molar-refractivity contribution is 6.46. The summed E-state index contributed by atoms with van der Waals surface area (Å²) in [7, 11) is 0. The number of ketones is 1. The number of hydrogen-bond donors (Lipinski definition) is 1. The number of Topliss-reactive ketones (excluding diaryl/α,β-unsaturated/α-hetero) is 1. The van der Waals surface area contributed by atoms with Crippen molar-refractivity contribution in [1.82, 2.24) is 9.80 Å². The van der Waals surface area contributed by atoms with Gasteiger partial charge in [-0.3, -0.25) is 14.5 Å². The van der Waals surface area contributed by atoms with Crippen molar-refractivity contribution in [2.24, 2.45) is 0 Å². The van der Waals surface area contributed by atoms with E-state index in [2.05, 4.69) is 4.90 Å². The molecule has 204 valence electrons. The van der Waals surface area contributed by atoms with Crippen LogP contribution in [-0.4, -0.2) is 79.2 Å². The monoisotopic (exact) mass is 522 g/mol. The zero-order valence-electron chi connectivity index (χ0n) is 22.4. The van der Waals surface area contributed by atoms with Crippen molar-refractivity contribution in [2.45, 2.75) is 39.2 Å². The molecule has 2 aliphatic rings. The summed E-state index contributed by atoms with van der Waals surface area (Å²) in [5.41, 5.74) is 1.29. The molecule has 1 atom stereocenters. The zero-order valence-corrected chi connectivity index (χ0v) is 22.4. The van der Waals surface area contributed by atoms with Crippen molar-refractivity contribution in [3.8, 4) is 11.5 Å². The fourth-order valence-electron chi connectivity index (χ4n) is 4.83. The molecule has 2 heterocycles. The molecule has 4 rings (SSSR count). The number of rotatable bonds is 12. The van der Waals surface area contributed by atoms with Gasteiger partial charge in [-0.2, -0.15) is 0 Å². The first-order chi connectivity index (χ1) is 18.5. The van der Waals surface area contributed by atoms with Crippen LogP contribution in [0.1, 0.15) is 50.3 Å². The number of benzene rings is 2. The first kappa shape index (κ1) is 27.7. The van der Waals surface area contributed by atoms with Crippen molar-refractivity contribution in [3.63, 3.8) is 0 Å². The quantitative estimate of drug-likeness (QED) is 0.251. The lowest BCUT2D eigenvalue weighted by molar-refractivity contribution is -0.140. The SMILES string of the molecule is CCCOc1ccc(/C(O)=C2\C(=O)C(=O)N(CCCN3CCOCC3)C2c2cccc(OCCC)c2)cc1. The van der Waals surface area contributed by atoms with Crippen LogP contribution in [0.4, 0.5) is 0 Å². The van der Waals surface area contributed by atoms with Gasteiger partial charge in [0.25, 0.3) is 11.7 Å². The minimum absolute atomic E-state index is 0.0937. The lowest BCUT2D eigenvalue weighted by Crippen LogP contribution is -2.38. The van der Waals surface area contributed by atoms with Gasteiger partial charge in [0.1, 0.15) is 17.3 Å². The second-order valence-electron chi connectivity index (χ2n) is 9.59. The maximum atomic E-state index is 13.4. The molecule has 2 aliphatic heterocycles. The van der Waals surface area contributed by atoms with Crippen LogP contribution in [0.2, 0.25) is 0 Å². The molecule has 8 heteroatoms. The Morgan fingerprint density at radius 1 is 0.947 bits per heavy atom. The van der Waals surface area contributed by atoms with E-state index in [0.29, 0.717) is 56.5 Å².